The first kappa shape index (κ1) is 15.3. The van der Waals surface area contributed by atoms with E-state index in [1.165, 1.54) is 0 Å². The van der Waals surface area contributed by atoms with Crippen molar-refractivity contribution in [2.45, 2.75) is 30.7 Å². The van der Waals surface area contributed by atoms with Crippen molar-refractivity contribution in [3.8, 4) is 0 Å². The van der Waals surface area contributed by atoms with Crippen LogP contribution < -0.4 is 10.0 Å². The minimum Gasteiger partial charge on any atom is -0.316 e. The lowest BCUT2D eigenvalue weighted by Crippen LogP contribution is -2.44. The lowest BCUT2D eigenvalue weighted by molar-refractivity contribution is 0.320. The second-order valence-corrected chi connectivity index (χ2v) is 6.77. The van der Waals surface area contributed by atoms with Gasteiger partial charge in [-0.3, -0.25) is 0 Å². The van der Waals surface area contributed by atoms with Gasteiger partial charge < -0.3 is 5.32 Å². The zero-order valence-corrected chi connectivity index (χ0v) is 12.0. The Morgan fingerprint density at radius 3 is 2.75 bits per heavy atom. The third-order valence-corrected chi connectivity index (χ3v) is 5.16. The van der Waals surface area contributed by atoms with E-state index in [9.17, 15) is 17.2 Å². The van der Waals surface area contributed by atoms with Crippen LogP contribution in [0.2, 0.25) is 0 Å². The fraction of sp³-hybridized carbons (Fsp3) is 0.538. The molecule has 0 bridgehead atoms. The van der Waals surface area contributed by atoms with Crippen molar-refractivity contribution >= 4 is 10.0 Å². The number of piperidine rings is 1. The van der Waals surface area contributed by atoms with E-state index in [1.807, 2.05) is 0 Å². The summed E-state index contributed by atoms with van der Waals surface area (Å²) in [5, 5.41) is 3.20. The summed E-state index contributed by atoms with van der Waals surface area (Å²) < 4.78 is 53.1. The maximum Gasteiger partial charge on any atom is 0.243 e. The van der Waals surface area contributed by atoms with Gasteiger partial charge in [-0.05, 0) is 50.9 Å². The number of benzene rings is 1. The molecule has 1 aromatic rings. The molecule has 1 saturated heterocycles. The van der Waals surface area contributed by atoms with Gasteiger partial charge >= 0.3 is 0 Å². The molecular formula is C13H18F2N2O2S. The molecule has 0 saturated carbocycles. The molecule has 0 radical (unpaired) electrons. The Kier molecular flexibility index (Phi) is 4.72. The van der Waals surface area contributed by atoms with Crippen LogP contribution in [0.5, 0.6) is 0 Å². The van der Waals surface area contributed by atoms with E-state index in [0.717, 1.165) is 38.1 Å². The number of sulfonamides is 1. The number of nitrogens with one attached hydrogen (secondary N) is 2. The largest absolute Gasteiger partial charge is 0.316 e. The fourth-order valence-corrected chi connectivity index (χ4v) is 3.77. The van der Waals surface area contributed by atoms with Crippen LogP contribution in [0.3, 0.4) is 0 Å². The molecular weight excluding hydrogens is 286 g/mol. The van der Waals surface area contributed by atoms with E-state index in [-0.39, 0.29) is 12.0 Å². The lowest BCUT2D eigenvalue weighted by Gasteiger charge is -2.28. The Balaban J connectivity index is 2.13. The molecule has 4 nitrogen and oxygen atoms in total. The van der Waals surface area contributed by atoms with E-state index in [2.05, 4.69) is 10.0 Å². The summed E-state index contributed by atoms with van der Waals surface area (Å²) in [6, 6.07) is 2.14. The first-order valence-electron chi connectivity index (χ1n) is 6.58. The molecule has 112 valence electrons. The zero-order chi connectivity index (χ0) is 14.8. The van der Waals surface area contributed by atoms with Gasteiger partial charge in [-0.2, -0.15) is 0 Å². The van der Waals surface area contributed by atoms with Crippen molar-refractivity contribution in [1.82, 2.24) is 10.0 Å². The van der Waals surface area contributed by atoms with Crippen molar-refractivity contribution in [1.29, 1.82) is 0 Å². The third-order valence-electron chi connectivity index (χ3n) is 3.57. The quantitative estimate of drug-likeness (QED) is 0.889. The molecule has 1 fully saturated rings. The van der Waals surface area contributed by atoms with E-state index in [4.69, 9.17) is 0 Å². The smallest absolute Gasteiger partial charge is 0.243 e. The zero-order valence-electron chi connectivity index (χ0n) is 11.2. The number of hydrogen-bond donors (Lipinski definition) is 2. The first-order valence-corrected chi connectivity index (χ1v) is 8.06. The standard InChI is InChI=1S/C13H18F2N2O2S/c1-9(10-3-2-6-16-8-10)17-20(18,19)13-5-4-11(14)7-12(13)15/h4-5,7,9-10,16-17H,2-3,6,8H2,1H3. The maximum absolute atomic E-state index is 13.6. The summed E-state index contributed by atoms with van der Waals surface area (Å²) in [6.07, 6.45) is 1.91. The number of rotatable bonds is 4. The van der Waals surface area contributed by atoms with Gasteiger partial charge in [-0.15, -0.1) is 0 Å². The molecule has 0 aliphatic carbocycles. The van der Waals surface area contributed by atoms with E-state index >= 15 is 0 Å². The van der Waals surface area contributed by atoms with Crippen molar-refractivity contribution in [2.75, 3.05) is 13.1 Å². The summed E-state index contributed by atoms with van der Waals surface area (Å²) in [7, 11) is -3.98. The average molecular weight is 304 g/mol. The Hall–Kier alpha value is -1.05. The molecule has 2 N–H and O–H groups in total. The predicted molar refractivity (Wildman–Crippen MR) is 71.7 cm³/mol. The molecule has 1 aromatic carbocycles. The molecule has 0 amide bonds. The highest BCUT2D eigenvalue weighted by Gasteiger charge is 2.26. The maximum atomic E-state index is 13.6. The Bertz CT molecular complexity index is 572. The van der Waals surface area contributed by atoms with Crippen LogP contribution >= 0.6 is 0 Å². The molecule has 2 rings (SSSR count). The van der Waals surface area contributed by atoms with Gasteiger partial charge in [0.2, 0.25) is 10.0 Å². The van der Waals surface area contributed by atoms with Gasteiger partial charge in [0.1, 0.15) is 16.5 Å². The van der Waals surface area contributed by atoms with Crippen LogP contribution in [0.1, 0.15) is 19.8 Å². The minimum absolute atomic E-state index is 0.169. The summed E-state index contributed by atoms with van der Waals surface area (Å²) >= 11 is 0. The Morgan fingerprint density at radius 2 is 2.15 bits per heavy atom. The summed E-state index contributed by atoms with van der Waals surface area (Å²) in [6.45, 7) is 3.43. The topological polar surface area (TPSA) is 58.2 Å². The monoisotopic (exact) mass is 304 g/mol. The van der Waals surface area contributed by atoms with Gasteiger partial charge in [0.15, 0.2) is 0 Å². The number of halogens is 2. The van der Waals surface area contributed by atoms with Gasteiger partial charge in [0.05, 0.1) is 0 Å². The summed E-state index contributed by atoms with van der Waals surface area (Å²) in [4.78, 5) is -0.519. The molecule has 1 heterocycles. The lowest BCUT2D eigenvalue weighted by atomic mass is 9.94. The second-order valence-electron chi connectivity index (χ2n) is 5.09. The van der Waals surface area contributed by atoms with Crippen molar-refractivity contribution in [3.05, 3.63) is 29.8 Å². The molecule has 1 aliphatic heterocycles. The molecule has 0 aromatic heterocycles. The Morgan fingerprint density at radius 1 is 1.40 bits per heavy atom. The average Bonchev–Trinajstić information content (AvgIpc) is 2.38. The SMILES string of the molecule is CC(NS(=O)(=O)c1ccc(F)cc1F)C1CCCNC1. The van der Waals surface area contributed by atoms with Gasteiger partial charge in [0, 0.05) is 12.1 Å². The molecule has 0 spiro atoms. The molecule has 7 heteroatoms. The number of hydrogen-bond acceptors (Lipinski definition) is 3. The van der Waals surface area contributed by atoms with Crippen LogP contribution in [0.4, 0.5) is 8.78 Å². The van der Waals surface area contributed by atoms with Gasteiger partial charge in [-0.1, -0.05) is 0 Å². The molecule has 1 aliphatic rings. The van der Waals surface area contributed by atoms with Crippen LogP contribution in [-0.4, -0.2) is 27.5 Å². The highest BCUT2D eigenvalue weighted by Crippen LogP contribution is 2.19. The Labute approximate surface area is 117 Å². The highest BCUT2D eigenvalue weighted by molar-refractivity contribution is 7.89. The highest BCUT2D eigenvalue weighted by atomic mass is 32.2. The van der Waals surface area contributed by atoms with Crippen LogP contribution in [-0.2, 0) is 10.0 Å². The molecule has 2 unspecified atom stereocenters. The summed E-state index contributed by atoms with van der Waals surface area (Å²) in [5.41, 5.74) is 0. The first-order chi connectivity index (χ1) is 9.40. The van der Waals surface area contributed by atoms with Gasteiger partial charge in [0.25, 0.3) is 0 Å². The van der Waals surface area contributed by atoms with Crippen molar-refractivity contribution < 1.29 is 17.2 Å². The minimum atomic E-state index is -3.98. The van der Waals surface area contributed by atoms with E-state index in [1.54, 1.807) is 6.92 Å². The third kappa shape index (κ3) is 3.53. The molecule has 2 atom stereocenters. The summed E-state index contributed by atoms with van der Waals surface area (Å²) in [5.74, 6) is -1.71. The van der Waals surface area contributed by atoms with E-state index in [0.29, 0.717) is 6.07 Å². The van der Waals surface area contributed by atoms with Crippen molar-refractivity contribution in [2.24, 2.45) is 5.92 Å². The van der Waals surface area contributed by atoms with Crippen LogP contribution in [0.15, 0.2) is 23.1 Å². The normalized spacial score (nSPS) is 21.6. The van der Waals surface area contributed by atoms with E-state index < -0.39 is 26.6 Å². The van der Waals surface area contributed by atoms with Gasteiger partial charge in [-0.25, -0.2) is 21.9 Å². The van der Waals surface area contributed by atoms with Crippen molar-refractivity contribution in [3.63, 3.8) is 0 Å². The van der Waals surface area contributed by atoms with Crippen LogP contribution in [0.25, 0.3) is 0 Å². The fourth-order valence-electron chi connectivity index (χ4n) is 2.40. The van der Waals surface area contributed by atoms with Crippen LogP contribution in [0, 0.1) is 17.6 Å². The second kappa shape index (κ2) is 6.15. The predicted octanol–water partition coefficient (Wildman–Crippen LogP) is 1.63. The molecule has 20 heavy (non-hydrogen) atoms.